The van der Waals surface area contributed by atoms with Crippen molar-refractivity contribution in [3.05, 3.63) is 47.5 Å². The van der Waals surface area contributed by atoms with Crippen LogP contribution in [0, 0.1) is 6.92 Å². The fraction of sp³-hybridized carbons (Fsp3) is 0.176. The Bertz CT molecular complexity index is 874. The van der Waals surface area contributed by atoms with Crippen molar-refractivity contribution in [1.82, 2.24) is 4.98 Å². The molecule has 0 spiro atoms. The van der Waals surface area contributed by atoms with E-state index in [4.69, 9.17) is 10.6 Å². The van der Waals surface area contributed by atoms with E-state index in [1.54, 1.807) is 24.3 Å². The molecular weight excluding hydrogens is 324 g/mol. The van der Waals surface area contributed by atoms with Crippen LogP contribution in [0.3, 0.4) is 0 Å². The number of hydrogen-bond donors (Lipinski definition) is 3. The van der Waals surface area contributed by atoms with Crippen LogP contribution in [-0.4, -0.2) is 17.5 Å². The number of aryl methyl sites for hydroxylation is 1. The van der Waals surface area contributed by atoms with Gasteiger partial charge in [0, 0.05) is 11.3 Å². The van der Waals surface area contributed by atoms with E-state index in [0.29, 0.717) is 17.3 Å². The van der Waals surface area contributed by atoms with Gasteiger partial charge in [0.2, 0.25) is 0 Å². The molecule has 4 N–H and O–H groups in total. The summed E-state index contributed by atoms with van der Waals surface area (Å²) in [6.45, 7) is 4.47. The smallest absolute Gasteiger partial charge is 0.255 e. The topological polar surface area (TPSA) is 89.3 Å². The molecule has 1 heterocycles. The lowest BCUT2D eigenvalue weighted by atomic mass is 10.1. The zero-order valence-corrected chi connectivity index (χ0v) is 14.2. The van der Waals surface area contributed by atoms with E-state index in [0.717, 1.165) is 27.2 Å². The monoisotopic (exact) mass is 342 g/mol. The predicted molar refractivity (Wildman–Crippen MR) is 97.7 cm³/mol. The number of amides is 1. The molecule has 0 aliphatic rings. The minimum atomic E-state index is -0.168. The van der Waals surface area contributed by atoms with E-state index in [-0.39, 0.29) is 5.91 Å². The summed E-state index contributed by atoms with van der Waals surface area (Å²) in [7, 11) is 0. The molecule has 24 heavy (non-hydrogen) atoms. The molecule has 1 aromatic heterocycles. The Morgan fingerprint density at radius 1 is 1.29 bits per heavy atom. The van der Waals surface area contributed by atoms with Crippen molar-refractivity contribution >= 4 is 38.3 Å². The lowest BCUT2D eigenvalue weighted by molar-refractivity contribution is 0.102. The largest absolute Gasteiger partial charge is 0.494 e. The van der Waals surface area contributed by atoms with Gasteiger partial charge in [-0.3, -0.25) is 10.2 Å². The van der Waals surface area contributed by atoms with Gasteiger partial charge in [0.05, 0.1) is 16.8 Å². The van der Waals surface area contributed by atoms with Crippen LogP contribution in [0.1, 0.15) is 22.8 Å². The first-order valence-corrected chi connectivity index (χ1v) is 8.34. The number of hydrazine groups is 1. The average Bonchev–Trinajstić information content (AvgIpc) is 2.99. The van der Waals surface area contributed by atoms with Crippen molar-refractivity contribution in [3.63, 3.8) is 0 Å². The number of nitrogens with zero attached hydrogens (tertiary/aromatic N) is 1. The first kappa shape index (κ1) is 16.2. The normalized spacial score (nSPS) is 10.6. The summed E-state index contributed by atoms with van der Waals surface area (Å²) in [6.07, 6.45) is 0. The number of nitrogens with two attached hydrogens (primary N) is 1. The third-order valence-corrected chi connectivity index (χ3v) is 4.43. The van der Waals surface area contributed by atoms with Crippen LogP contribution in [-0.2, 0) is 0 Å². The predicted octanol–water partition coefficient (Wildman–Crippen LogP) is 3.54. The van der Waals surface area contributed by atoms with Crippen molar-refractivity contribution in [1.29, 1.82) is 0 Å². The maximum atomic E-state index is 12.4. The van der Waals surface area contributed by atoms with Gasteiger partial charge in [-0.15, -0.1) is 0 Å². The molecule has 124 valence electrons. The summed E-state index contributed by atoms with van der Waals surface area (Å²) in [5, 5.41) is 3.56. The summed E-state index contributed by atoms with van der Waals surface area (Å²) >= 11 is 1.44. The maximum absolute atomic E-state index is 12.4. The van der Waals surface area contributed by atoms with Crippen LogP contribution < -0.4 is 21.3 Å². The van der Waals surface area contributed by atoms with Crippen molar-refractivity contribution in [2.75, 3.05) is 17.3 Å². The Kier molecular flexibility index (Phi) is 4.64. The highest BCUT2D eigenvalue weighted by atomic mass is 32.1. The Morgan fingerprint density at radius 3 is 2.71 bits per heavy atom. The second-order valence-electron chi connectivity index (χ2n) is 5.21. The number of benzene rings is 2. The van der Waals surface area contributed by atoms with Crippen molar-refractivity contribution in [3.8, 4) is 5.75 Å². The number of thiazole rings is 1. The molecule has 0 atom stereocenters. The number of rotatable bonds is 5. The molecule has 0 fully saturated rings. The summed E-state index contributed by atoms with van der Waals surface area (Å²) in [5.74, 6) is 5.99. The lowest BCUT2D eigenvalue weighted by Crippen LogP contribution is -2.11. The minimum Gasteiger partial charge on any atom is -0.494 e. The van der Waals surface area contributed by atoms with Crippen LogP contribution in [0.5, 0.6) is 5.75 Å². The van der Waals surface area contributed by atoms with Gasteiger partial charge in [0.15, 0.2) is 5.13 Å². The highest BCUT2D eigenvalue weighted by Gasteiger charge is 2.11. The number of ether oxygens (including phenoxy) is 1. The summed E-state index contributed by atoms with van der Waals surface area (Å²) in [6, 6.07) is 10.9. The SMILES string of the molecule is CCOc1ccc(C(=O)Nc2cc(C)c3nc(NN)sc3c2)cc1. The number of fused-ring (bicyclic) bond motifs is 1. The third-order valence-electron chi connectivity index (χ3n) is 3.49. The maximum Gasteiger partial charge on any atom is 0.255 e. The van der Waals surface area contributed by atoms with Crippen LogP contribution >= 0.6 is 11.3 Å². The van der Waals surface area contributed by atoms with E-state index in [9.17, 15) is 4.79 Å². The molecule has 3 aromatic rings. The molecule has 0 aliphatic heterocycles. The average molecular weight is 342 g/mol. The number of carbonyl (C=O) groups is 1. The third kappa shape index (κ3) is 3.32. The second-order valence-corrected chi connectivity index (χ2v) is 6.25. The lowest BCUT2D eigenvalue weighted by Gasteiger charge is -2.08. The van der Waals surface area contributed by atoms with E-state index in [1.807, 2.05) is 26.0 Å². The number of nitrogens with one attached hydrogen (secondary N) is 2. The fourth-order valence-electron chi connectivity index (χ4n) is 2.40. The van der Waals surface area contributed by atoms with Gasteiger partial charge in [0.1, 0.15) is 5.75 Å². The number of hydrogen-bond acceptors (Lipinski definition) is 6. The van der Waals surface area contributed by atoms with Gasteiger partial charge in [-0.2, -0.15) is 0 Å². The molecule has 0 saturated carbocycles. The van der Waals surface area contributed by atoms with Gasteiger partial charge in [-0.05, 0) is 55.8 Å². The molecule has 7 heteroatoms. The first-order valence-electron chi connectivity index (χ1n) is 7.52. The van der Waals surface area contributed by atoms with Crippen molar-refractivity contribution in [2.45, 2.75) is 13.8 Å². The number of carbonyl (C=O) groups excluding carboxylic acids is 1. The molecule has 6 nitrogen and oxygen atoms in total. The molecule has 1 amide bonds. The Morgan fingerprint density at radius 2 is 2.04 bits per heavy atom. The molecule has 0 saturated heterocycles. The zero-order chi connectivity index (χ0) is 17.1. The molecule has 0 radical (unpaired) electrons. The zero-order valence-electron chi connectivity index (χ0n) is 13.4. The second kappa shape index (κ2) is 6.86. The fourth-order valence-corrected chi connectivity index (χ4v) is 3.30. The van der Waals surface area contributed by atoms with Gasteiger partial charge in [-0.25, -0.2) is 10.8 Å². The molecule has 2 aromatic carbocycles. The standard InChI is InChI=1S/C17H18N4O2S/c1-3-23-13-6-4-11(5-7-13)16(22)19-12-8-10(2)15-14(9-12)24-17(20-15)21-18/h4-9H,3,18H2,1-2H3,(H,19,22)(H,20,21). The summed E-state index contributed by atoms with van der Waals surface area (Å²) < 4.78 is 6.35. The van der Waals surface area contributed by atoms with Crippen LogP contribution in [0.15, 0.2) is 36.4 Å². The molecule has 0 aliphatic carbocycles. The Labute approximate surface area is 143 Å². The van der Waals surface area contributed by atoms with Crippen LogP contribution in [0.4, 0.5) is 10.8 Å². The number of anilines is 2. The van der Waals surface area contributed by atoms with E-state index >= 15 is 0 Å². The number of nitrogen functional groups attached to an aromatic ring is 1. The van der Waals surface area contributed by atoms with Gasteiger partial charge in [0.25, 0.3) is 5.91 Å². The molecular formula is C17H18N4O2S. The molecule has 0 unspecified atom stereocenters. The van der Waals surface area contributed by atoms with Crippen LogP contribution in [0.2, 0.25) is 0 Å². The first-order chi connectivity index (χ1) is 11.6. The van der Waals surface area contributed by atoms with E-state index < -0.39 is 0 Å². The molecule has 3 rings (SSSR count). The minimum absolute atomic E-state index is 0.168. The Hall–Kier alpha value is -2.64. The van der Waals surface area contributed by atoms with Crippen molar-refractivity contribution in [2.24, 2.45) is 5.84 Å². The van der Waals surface area contributed by atoms with Crippen molar-refractivity contribution < 1.29 is 9.53 Å². The Balaban J connectivity index is 1.82. The quantitative estimate of drug-likeness (QED) is 0.487. The summed E-state index contributed by atoms with van der Waals surface area (Å²) in [4.78, 5) is 16.8. The van der Waals surface area contributed by atoms with Gasteiger partial charge >= 0.3 is 0 Å². The molecule has 0 bridgehead atoms. The highest BCUT2D eigenvalue weighted by Crippen LogP contribution is 2.30. The van der Waals surface area contributed by atoms with E-state index in [1.165, 1.54) is 11.3 Å². The van der Waals surface area contributed by atoms with Gasteiger partial charge < -0.3 is 10.1 Å². The van der Waals surface area contributed by atoms with E-state index in [2.05, 4.69) is 15.7 Å². The number of aromatic nitrogens is 1. The highest BCUT2D eigenvalue weighted by molar-refractivity contribution is 7.22. The van der Waals surface area contributed by atoms with Crippen LogP contribution in [0.25, 0.3) is 10.2 Å². The van der Waals surface area contributed by atoms with Gasteiger partial charge in [-0.1, -0.05) is 11.3 Å². The summed E-state index contributed by atoms with van der Waals surface area (Å²) in [5.41, 5.74) is 5.72.